The summed E-state index contributed by atoms with van der Waals surface area (Å²) in [5, 5.41) is 20.4. The Morgan fingerprint density at radius 3 is 2.62 bits per heavy atom. The smallest absolute Gasteiger partial charge is 0.309 e. The van der Waals surface area contributed by atoms with Gasteiger partial charge in [0.15, 0.2) is 5.69 Å². The Kier molecular flexibility index (Phi) is 3.08. The van der Waals surface area contributed by atoms with Crippen molar-refractivity contribution in [1.29, 1.82) is 0 Å². The van der Waals surface area contributed by atoms with Crippen molar-refractivity contribution in [3.63, 3.8) is 0 Å². The van der Waals surface area contributed by atoms with Crippen LogP contribution in [0.5, 0.6) is 5.75 Å². The van der Waals surface area contributed by atoms with Gasteiger partial charge in [0.25, 0.3) is 11.5 Å². The molecule has 0 aliphatic rings. The molecule has 12 heteroatoms. The van der Waals surface area contributed by atoms with Crippen LogP contribution in [0.2, 0.25) is 0 Å². The van der Waals surface area contributed by atoms with E-state index in [2.05, 4.69) is 20.5 Å². The molecule has 0 spiro atoms. The molecule has 0 unspecified atom stereocenters. The summed E-state index contributed by atoms with van der Waals surface area (Å²) >= 11 is 0. The zero-order valence-corrected chi connectivity index (χ0v) is 15.8. The molecule has 3 rings (SSSR count). The van der Waals surface area contributed by atoms with Crippen LogP contribution >= 0.6 is 0 Å². The number of carbonyl (C=O) groups is 2. The van der Waals surface area contributed by atoms with Crippen molar-refractivity contribution in [2.24, 2.45) is 6.98 Å². The van der Waals surface area contributed by atoms with Gasteiger partial charge in [-0.05, 0) is 31.4 Å². The minimum Gasteiger partial charge on any atom is -0.501 e. The molecule has 2 amide bonds. The molecular weight excluding hydrogens is 423 g/mol. The number of carbonyl (C=O) groups excluding carboxylic acids is 2. The second-order valence-electron chi connectivity index (χ2n) is 6.20. The van der Waals surface area contributed by atoms with E-state index >= 15 is 0 Å². The molecule has 0 aliphatic carbocycles. The largest absolute Gasteiger partial charge is 0.501 e. The third-order valence-electron chi connectivity index (χ3n) is 3.90. The van der Waals surface area contributed by atoms with Crippen LogP contribution in [-0.4, -0.2) is 36.7 Å². The zero-order valence-electron chi connectivity index (χ0n) is 27.8. The predicted octanol–water partition coefficient (Wildman–Crippen LogP) is 0.912. The van der Waals surface area contributed by atoms with E-state index in [1.165, 1.54) is 17.4 Å². The number of hydrogen-bond donors (Lipinski definition) is 3. The van der Waals surface area contributed by atoms with E-state index < -0.39 is 89.9 Å². The Morgan fingerprint density at radius 1 is 1.25 bits per heavy atom. The molecule has 0 saturated heterocycles. The number of rotatable bonds is 6. The molecule has 168 valence electrons. The molecule has 3 aromatic rings. The first-order valence-electron chi connectivity index (χ1n) is 14.5. The third-order valence-corrected chi connectivity index (χ3v) is 3.90. The van der Waals surface area contributed by atoms with Crippen molar-refractivity contribution >= 4 is 11.8 Å². The quantitative estimate of drug-likeness (QED) is 0.495. The summed E-state index contributed by atoms with van der Waals surface area (Å²) in [6.45, 7) is -15.3. The molecule has 2 aromatic heterocycles. The zero-order chi connectivity index (χ0) is 33.6. The monoisotopic (exact) mass is 456 g/mol. The number of benzene rings is 1. The number of hydrogen-bond acceptors (Lipinski definition) is 8. The normalized spacial score (nSPS) is 18.4. The molecule has 32 heavy (non-hydrogen) atoms. The summed E-state index contributed by atoms with van der Waals surface area (Å²) in [5.74, 6) is -9.63. The van der Waals surface area contributed by atoms with Gasteiger partial charge in [-0.25, -0.2) is 9.37 Å². The fourth-order valence-corrected chi connectivity index (χ4v) is 2.39. The van der Waals surface area contributed by atoms with Gasteiger partial charge in [-0.3, -0.25) is 19.0 Å². The van der Waals surface area contributed by atoms with Crippen LogP contribution in [0.25, 0.3) is 0 Å². The van der Waals surface area contributed by atoms with E-state index in [9.17, 15) is 23.9 Å². The molecule has 0 bridgehead atoms. The lowest BCUT2D eigenvalue weighted by atomic mass is 10.0. The average Bonchev–Trinajstić information content (AvgIpc) is 3.37. The first kappa shape index (κ1) is 11.5. The molecule has 1 aromatic carbocycles. The van der Waals surface area contributed by atoms with E-state index in [0.29, 0.717) is 0 Å². The highest BCUT2D eigenvalue weighted by atomic mass is 19.1. The topological polar surface area (TPSA) is 152 Å². The summed E-state index contributed by atoms with van der Waals surface area (Å²) < 4.78 is 111. The first-order valence-corrected chi connectivity index (χ1v) is 8.48. The summed E-state index contributed by atoms with van der Waals surface area (Å²) in [4.78, 5) is 42.7. The van der Waals surface area contributed by atoms with Crippen LogP contribution in [0, 0.1) is 12.7 Å². The Balaban J connectivity index is 2.30. The first-order chi connectivity index (χ1) is 19.9. The minimum atomic E-state index is -4.02. The van der Waals surface area contributed by atoms with Crippen molar-refractivity contribution in [1.82, 2.24) is 30.4 Å². The van der Waals surface area contributed by atoms with E-state index in [-0.39, 0.29) is 12.1 Å². The van der Waals surface area contributed by atoms with Gasteiger partial charge < -0.3 is 20.2 Å². The number of aromatic nitrogens is 4. The summed E-state index contributed by atoms with van der Waals surface area (Å²) in [7, 11) is 0. The van der Waals surface area contributed by atoms with Crippen LogP contribution < -0.4 is 16.2 Å². The van der Waals surface area contributed by atoms with Crippen molar-refractivity contribution in [2.45, 2.75) is 32.6 Å². The third kappa shape index (κ3) is 4.63. The van der Waals surface area contributed by atoms with E-state index in [1.807, 2.05) is 0 Å². The van der Waals surface area contributed by atoms with Gasteiger partial charge in [0, 0.05) is 36.8 Å². The van der Waals surface area contributed by atoms with Crippen molar-refractivity contribution in [3.8, 4) is 5.75 Å². The van der Waals surface area contributed by atoms with Gasteiger partial charge >= 0.3 is 11.8 Å². The van der Waals surface area contributed by atoms with Crippen LogP contribution in [0.3, 0.4) is 0 Å². The highest BCUT2D eigenvalue weighted by molar-refractivity contribution is 5.94. The molecule has 0 atom stereocenters. The molecule has 11 nitrogen and oxygen atoms in total. The molecule has 0 saturated carbocycles. The van der Waals surface area contributed by atoms with Crippen LogP contribution in [-0.2, 0) is 19.1 Å². The van der Waals surface area contributed by atoms with Crippen LogP contribution in [0.4, 0.5) is 4.39 Å². The van der Waals surface area contributed by atoms with Gasteiger partial charge in [-0.1, -0.05) is 12.1 Å². The van der Waals surface area contributed by atoms with Crippen LogP contribution in [0.15, 0.2) is 33.5 Å². The van der Waals surface area contributed by atoms with E-state index in [0.717, 1.165) is 12.1 Å². The van der Waals surface area contributed by atoms with Gasteiger partial charge in [0.1, 0.15) is 11.6 Å². The van der Waals surface area contributed by atoms with Gasteiger partial charge in [-0.2, -0.15) is 0 Å². The summed E-state index contributed by atoms with van der Waals surface area (Å²) in [6.07, 6.45) is 0. The van der Waals surface area contributed by atoms with E-state index in [1.54, 1.807) is 0 Å². The average molecular weight is 456 g/mol. The predicted molar refractivity (Wildman–Crippen MR) is 108 cm³/mol. The molecule has 0 aliphatic heterocycles. The fourth-order valence-electron chi connectivity index (χ4n) is 2.39. The number of aromatic hydroxyl groups is 1. The molecule has 0 fully saturated rings. The summed E-state index contributed by atoms with van der Waals surface area (Å²) in [5.41, 5.74) is -6.99. The number of amides is 2. The second-order valence-corrected chi connectivity index (χ2v) is 6.20. The Labute approximate surface area is 198 Å². The van der Waals surface area contributed by atoms with Crippen molar-refractivity contribution in [2.75, 3.05) is 0 Å². The number of halogens is 1. The molecule has 0 radical (unpaired) electrons. The number of nitrogens with zero attached hydrogens (tertiary/aromatic N) is 4. The van der Waals surface area contributed by atoms with Gasteiger partial charge in [-0.15, -0.1) is 10.2 Å². The van der Waals surface area contributed by atoms with Crippen LogP contribution in [0.1, 0.15) is 68.6 Å². The van der Waals surface area contributed by atoms with E-state index in [4.69, 9.17) is 20.9 Å². The second kappa shape index (κ2) is 8.57. The number of aryl methyl sites for hydroxylation is 1. The highest BCUT2D eigenvalue weighted by Gasteiger charge is 2.32. The highest BCUT2D eigenvalue weighted by Crippen LogP contribution is 2.20. The number of nitrogens with one attached hydrogen (secondary N) is 2. The molecule has 2 heterocycles. The SMILES string of the molecule is [2H]C([2H])([2H])c1nnc(C(=O)NC(c2nc(C(=O)NCc3ccc(F)cc3)c(O)c(=O)n2C([2H])([2H])[2H])(C([2H])([2H])[2H])C([2H])([2H])[2H])o1. The Hall–Kier alpha value is -4.09. The standard InChI is InChI=1S/C20H21FN6O5/c1-10-25-26-17(32-10)16(30)24-20(2,3)19-23-13(14(28)18(31)27(19)4)15(29)22-9-11-5-7-12(21)8-6-11/h5-8,28H,9H2,1-4H3,(H,22,29)(H,24,30)/i1D3,2D3,3D3,4D3. The van der Waals surface area contributed by atoms with Crippen molar-refractivity contribution < 1.29 is 40.0 Å². The lowest BCUT2D eigenvalue weighted by Gasteiger charge is -2.27. The fraction of sp³-hybridized carbons (Fsp3) is 0.300. The maximum Gasteiger partial charge on any atom is 0.309 e. The Morgan fingerprint density at radius 2 is 2.00 bits per heavy atom. The van der Waals surface area contributed by atoms with Gasteiger partial charge in [0.05, 0.1) is 5.54 Å². The molecular formula is C20H21FN6O5. The Bertz CT molecular complexity index is 1610. The van der Waals surface area contributed by atoms with Crippen molar-refractivity contribution in [3.05, 3.63) is 69.3 Å². The lowest BCUT2D eigenvalue weighted by molar-refractivity contribution is 0.0869. The maximum absolute atomic E-state index is 13.2. The maximum atomic E-state index is 13.2. The summed E-state index contributed by atoms with van der Waals surface area (Å²) in [6, 6.07) is 4.59. The lowest BCUT2D eigenvalue weighted by Crippen LogP contribution is -2.46. The molecule has 3 N–H and O–H groups in total. The van der Waals surface area contributed by atoms with Gasteiger partial charge in [0.2, 0.25) is 11.6 Å². The minimum absolute atomic E-state index is 0.290.